The molecule has 2 aliphatic heterocycles. The third kappa shape index (κ3) is 1.60. The quantitative estimate of drug-likeness (QED) is 0.604. The van der Waals surface area contributed by atoms with Crippen LogP contribution in [0.25, 0.3) is 0 Å². The van der Waals surface area contributed by atoms with Crippen LogP contribution in [-0.2, 0) is 0 Å². The molecule has 0 aromatic carbocycles. The van der Waals surface area contributed by atoms with Crippen molar-refractivity contribution in [3.63, 3.8) is 0 Å². The lowest BCUT2D eigenvalue weighted by Gasteiger charge is -2.41. The normalized spacial score (nSPS) is 34.2. The predicted molar refractivity (Wildman–Crippen MR) is 52.7 cm³/mol. The third-order valence-corrected chi connectivity index (χ3v) is 3.92. The SMILES string of the molecule is CN1CCC2(CCNC2CO)CC1. The molecule has 2 aliphatic rings. The van der Waals surface area contributed by atoms with Crippen LogP contribution in [0.15, 0.2) is 0 Å². The first-order valence-corrected chi connectivity index (χ1v) is 5.30. The fourth-order valence-electron chi connectivity index (χ4n) is 2.81. The van der Waals surface area contributed by atoms with Crippen molar-refractivity contribution in [2.75, 3.05) is 33.3 Å². The summed E-state index contributed by atoms with van der Waals surface area (Å²) in [6.07, 6.45) is 3.76. The van der Waals surface area contributed by atoms with Gasteiger partial charge in [-0.25, -0.2) is 0 Å². The highest BCUT2D eigenvalue weighted by Gasteiger charge is 2.43. The Morgan fingerprint density at radius 3 is 2.69 bits per heavy atom. The van der Waals surface area contributed by atoms with E-state index in [0.29, 0.717) is 18.1 Å². The summed E-state index contributed by atoms with van der Waals surface area (Å²) in [5.74, 6) is 0. The van der Waals surface area contributed by atoms with Gasteiger partial charge in [0.05, 0.1) is 6.61 Å². The Morgan fingerprint density at radius 1 is 1.38 bits per heavy atom. The van der Waals surface area contributed by atoms with Crippen LogP contribution < -0.4 is 5.32 Å². The summed E-state index contributed by atoms with van der Waals surface area (Å²) >= 11 is 0. The van der Waals surface area contributed by atoms with Crippen LogP contribution in [-0.4, -0.2) is 49.3 Å². The van der Waals surface area contributed by atoms with Crippen LogP contribution in [0.1, 0.15) is 19.3 Å². The number of hydrogen-bond donors (Lipinski definition) is 2. The molecule has 2 heterocycles. The fraction of sp³-hybridized carbons (Fsp3) is 1.00. The summed E-state index contributed by atoms with van der Waals surface area (Å²) in [6.45, 7) is 3.79. The minimum absolute atomic E-state index is 0.309. The molecule has 0 bridgehead atoms. The van der Waals surface area contributed by atoms with Crippen LogP contribution >= 0.6 is 0 Å². The van der Waals surface area contributed by atoms with Crippen LogP contribution in [0.2, 0.25) is 0 Å². The molecule has 1 unspecified atom stereocenters. The average molecular weight is 184 g/mol. The maximum atomic E-state index is 9.27. The molecular formula is C10H20N2O. The lowest BCUT2D eigenvalue weighted by Crippen LogP contribution is -2.46. The van der Waals surface area contributed by atoms with Gasteiger partial charge in [0.1, 0.15) is 0 Å². The second-order valence-electron chi connectivity index (χ2n) is 4.60. The van der Waals surface area contributed by atoms with Gasteiger partial charge in [0, 0.05) is 6.04 Å². The van der Waals surface area contributed by atoms with E-state index in [4.69, 9.17) is 0 Å². The molecule has 2 N–H and O–H groups in total. The van der Waals surface area contributed by atoms with E-state index in [2.05, 4.69) is 17.3 Å². The second kappa shape index (κ2) is 3.56. The molecule has 13 heavy (non-hydrogen) atoms. The van der Waals surface area contributed by atoms with Crippen molar-refractivity contribution in [1.82, 2.24) is 10.2 Å². The van der Waals surface area contributed by atoms with E-state index < -0.39 is 0 Å². The van der Waals surface area contributed by atoms with E-state index in [1.165, 1.54) is 32.4 Å². The lowest BCUT2D eigenvalue weighted by atomic mass is 9.73. The maximum absolute atomic E-state index is 9.27. The summed E-state index contributed by atoms with van der Waals surface area (Å²) in [6, 6.07) is 0.362. The molecule has 2 saturated heterocycles. The van der Waals surface area contributed by atoms with Gasteiger partial charge in [0.15, 0.2) is 0 Å². The standard InChI is InChI=1S/C10H20N2O/c1-12-6-3-10(4-7-12)2-5-11-9(10)8-13/h9,11,13H,2-8H2,1H3. The van der Waals surface area contributed by atoms with E-state index in [9.17, 15) is 5.11 Å². The van der Waals surface area contributed by atoms with Gasteiger partial charge in [-0.05, 0) is 51.4 Å². The molecular weight excluding hydrogens is 164 g/mol. The van der Waals surface area contributed by atoms with Gasteiger partial charge in [-0.2, -0.15) is 0 Å². The van der Waals surface area contributed by atoms with Crippen molar-refractivity contribution in [2.45, 2.75) is 25.3 Å². The summed E-state index contributed by atoms with van der Waals surface area (Å²) in [4.78, 5) is 2.39. The predicted octanol–water partition coefficient (Wildman–Crippen LogP) is 0.0526. The van der Waals surface area contributed by atoms with Gasteiger partial charge < -0.3 is 15.3 Å². The van der Waals surface area contributed by atoms with Crippen LogP contribution in [0.3, 0.4) is 0 Å². The molecule has 1 atom stereocenters. The molecule has 0 saturated carbocycles. The highest BCUT2D eigenvalue weighted by atomic mass is 16.3. The third-order valence-electron chi connectivity index (χ3n) is 3.92. The Hall–Kier alpha value is -0.120. The van der Waals surface area contributed by atoms with Crippen molar-refractivity contribution in [3.05, 3.63) is 0 Å². The average Bonchev–Trinajstić information content (AvgIpc) is 2.54. The number of hydrogen-bond acceptors (Lipinski definition) is 3. The summed E-state index contributed by atoms with van der Waals surface area (Å²) in [5, 5.41) is 12.7. The van der Waals surface area contributed by atoms with E-state index in [1.54, 1.807) is 0 Å². The Kier molecular flexibility index (Phi) is 2.58. The fourth-order valence-corrected chi connectivity index (χ4v) is 2.81. The largest absolute Gasteiger partial charge is 0.395 e. The number of rotatable bonds is 1. The molecule has 2 fully saturated rings. The minimum Gasteiger partial charge on any atom is -0.395 e. The van der Waals surface area contributed by atoms with Crippen LogP contribution in [0.4, 0.5) is 0 Å². The van der Waals surface area contributed by atoms with E-state index >= 15 is 0 Å². The first-order valence-electron chi connectivity index (χ1n) is 5.30. The number of aliphatic hydroxyl groups is 1. The first kappa shape index (κ1) is 9.44. The molecule has 0 aromatic heterocycles. The maximum Gasteiger partial charge on any atom is 0.0590 e. The number of aliphatic hydroxyl groups excluding tert-OH is 1. The smallest absolute Gasteiger partial charge is 0.0590 e. The molecule has 3 nitrogen and oxygen atoms in total. The molecule has 1 spiro atoms. The highest BCUT2D eigenvalue weighted by molar-refractivity contribution is 4.99. The zero-order valence-corrected chi connectivity index (χ0v) is 8.42. The molecule has 0 amide bonds. The summed E-state index contributed by atoms with van der Waals surface area (Å²) in [5.41, 5.74) is 0.418. The molecule has 0 aliphatic carbocycles. The number of nitrogens with one attached hydrogen (secondary N) is 1. The second-order valence-corrected chi connectivity index (χ2v) is 4.60. The van der Waals surface area contributed by atoms with Crippen molar-refractivity contribution >= 4 is 0 Å². The van der Waals surface area contributed by atoms with Crippen molar-refractivity contribution in [3.8, 4) is 0 Å². The Labute approximate surface area is 80.1 Å². The van der Waals surface area contributed by atoms with Gasteiger partial charge in [-0.15, -0.1) is 0 Å². The van der Waals surface area contributed by atoms with Gasteiger partial charge >= 0.3 is 0 Å². The molecule has 0 aromatic rings. The molecule has 3 heteroatoms. The van der Waals surface area contributed by atoms with Gasteiger partial charge in [-0.1, -0.05) is 0 Å². The number of piperidine rings is 1. The van der Waals surface area contributed by atoms with Crippen molar-refractivity contribution < 1.29 is 5.11 Å². The van der Waals surface area contributed by atoms with E-state index in [-0.39, 0.29) is 0 Å². The Morgan fingerprint density at radius 2 is 2.08 bits per heavy atom. The monoisotopic (exact) mass is 184 g/mol. The van der Waals surface area contributed by atoms with Gasteiger partial charge in [0.2, 0.25) is 0 Å². The molecule has 2 rings (SSSR count). The van der Waals surface area contributed by atoms with Crippen molar-refractivity contribution in [2.24, 2.45) is 5.41 Å². The van der Waals surface area contributed by atoms with E-state index in [1.807, 2.05) is 0 Å². The molecule has 76 valence electrons. The zero-order valence-electron chi connectivity index (χ0n) is 8.42. The van der Waals surface area contributed by atoms with E-state index in [0.717, 1.165) is 6.54 Å². The first-order chi connectivity index (χ1) is 6.27. The van der Waals surface area contributed by atoms with Gasteiger partial charge in [-0.3, -0.25) is 0 Å². The Bertz CT molecular complexity index is 176. The van der Waals surface area contributed by atoms with Crippen LogP contribution in [0.5, 0.6) is 0 Å². The Balaban J connectivity index is 2.02. The topological polar surface area (TPSA) is 35.5 Å². The van der Waals surface area contributed by atoms with Crippen LogP contribution in [0, 0.1) is 5.41 Å². The highest BCUT2D eigenvalue weighted by Crippen LogP contribution is 2.40. The number of nitrogens with zero attached hydrogens (tertiary/aromatic N) is 1. The zero-order chi connectivity index (χ0) is 9.31. The lowest BCUT2D eigenvalue weighted by molar-refractivity contribution is 0.0790. The summed E-state index contributed by atoms with van der Waals surface area (Å²) < 4.78 is 0. The number of likely N-dealkylation sites (tertiary alicyclic amines) is 1. The van der Waals surface area contributed by atoms with Crippen molar-refractivity contribution in [1.29, 1.82) is 0 Å². The summed E-state index contributed by atoms with van der Waals surface area (Å²) in [7, 11) is 2.18. The van der Waals surface area contributed by atoms with Gasteiger partial charge in [0.25, 0.3) is 0 Å². The minimum atomic E-state index is 0.309. The molecule has 0 radical (unpaired) electrons.